The van der Waals surface area contributed by atoms with Gasteiger partial charge in [0.25, 0.3) is 5.01 Å². The maximum Gasteiger partial charge on any atom is 0.263 e. The number of allylic oxidation sites excluding steroid dienone is 7. The summed E-state index contributed by atoms with van der Waals surface area (Å²) < 4.78 is 3.67. The summed E-state index contributed by atoms with van der Waals surface area (Å²) in [6.45, 7) is 15.8. The molecule has 0 N–H and O–H groups in total. The Bertz CT molecular complexity index is 1840. The van der Waals surface area contributed by atoms with Crippen molar-refractivity contribution < 1.29 is 4.57 Å². The molecule has 6 heteroatoms. The van der Waals surface area contributed by atoms with Gasteiger partial charge in [-0.2, -0.15) is 4.57 Å². The second-order valence-corrected chi connectivity index (χ2v) is 17.1. The highest BCUT2D eigenvalue weighted by Gasteiger charge is 2.29. The lowest BCUT2D eigenvalue weighted by atomic mass is 9.74. The van der Waals surface area contributed by atoms with E-state index in [2.05, 4.69) is 111 Å². The standard InChI is InChI=1S/C39H43Cl2N2S2/c1-7-42-32-20-30(40)12-14-34(32)44-36(42)18-28-16-26(22-38(3,4)24-28)10-9-11-27-17-29(25-39(5,6)23-27)19-37-43(8-2)33-21-31(41)13-15-35(33)45-37/h9,12-21H,7-8,10,22-25H2,1-6H3/q+1. The van der Waals surface area contributed by atoms with Crippen LogP contribution in [0.3, 0.4) is 0 Å². The fraction of sp³-hybridized carbons (Fsp3) is 0.385. The number of thiazole rings is 1. The minimum absolute atomic E-state index is 0.193. The van der Waals surface area contributed by atoms with Gasteiger partial charge in [-0.25, -0.2) is 0 Å². The fourth-order valence-electron chi connectivity index (χ4n) is 7.11. The van der Waals surface area contributed by atoms with E-state index in [0.29, 0.717) is 0 Å². The first-order chi connectivity index (χ1) is 21.4. The van der Waals surface area contributed by atoms with E-state index in [1.54, 1.807) is 0 Å². The lowest BCUT2D eigenvalue weighted by Crippen LogP contribution is -2.33. The minimum Gasteiger partial charge on any atom is -0.335 e. The quantitative estimate of drug-likeness (QED) is 0.190. The molecule has 0 amide bonds. The van der Waals surface area contributed by atoms with Crippen molar-refractivity contribution >= 4 is 68.3 Å². The number of anilines is 1. The Kier molecular flexibility index (Phi) is 9.36. The van der Waals surface area contributed by atoms with Gasteiger partial charge in [-0.15, -0.1) is 5.73 Å². The lowest BCUT2D eigenvalue weighted by Gasteiger charge is -2.31. The first-order valence-electron chi connectivity index (χ1n) is 16.0. The molecule has 2 aromatic carbocycles. The van der Waals surface area contributed by atoms with Gasteiger partial charge in [0.05, 0.1) is 10.7 Å². The molecule has 0 radical (unpaired) electrons. The molecule has 0 spiro atoms. The molecule has 0 unspecified atom stereocenters. The van der Waals surface area contributed by atoms with Gasteiger partial charge in [-0.05, 0) is 122 Å². The summed E-state index contributed by atoms with van der Waals surface area (Å²) in [5.41, 5.74) is 12.2. The largest absolute Gasteiger partial charge is 0.335 e. The van der Waals surface area contributed by atoms with Crippen LogP contribution in [0.4, 0.5) is 5.69 Å². The van der Waals surface area contributed by atoms with Crippen LogP contribution in [-0.4, -0.2) is 6.54 Å². The number of hydrogen-bond acceptors (Lipinski definition) is 3. The number of fused-ring (bicyclic) bond motifs is 2. The van der Waals surface area contributed by atoms with Gasteiger partial charge < -0.3 is 4.90 Å². The Morgan fingerprint density at radius 1 is 0.911 bits per heavy atom. The zero-order chi connectivity index (χ0) is 31.9. The summed E-state index contributed by atoms with van der Waals surface area (Å²) in [7, 11) is 0. The predicted molar refractivity (Wildman–Crippen MR) is 198 cm³/mol. The first kappa shape index (κ1) is 32.5. The van der Waals surface area contributed by atoms with Gasteiger partial charge in [-0.3, -0.25) is 0 Å². The third-order valence-electron chi connectivity index (χ3n) is 8.78. The first-order valence-corrected chi connectivity index (χ1v) is 18.4. The molecule has 0 fully saturated rings. The van der Waals surface area contributed by atoms with E-state index in [9.17, 15) is 0 Å². The van der Waals surface area contributed by atoms with Gasteiger partial charge in [0.1, 0.15) is 11.2 Å². The Morgan fingerprint density at radius 3 is 2.44 bits per heavy atom. The van der Waals surface area contributed by atoms with Crippen molar-refractivity contribution in [3.05, 3.63) is 109 Å². The molecule has 45 heavy (non-hydrogen) atoms. The predicted octanol–water partition coefficient (Wildman–Crippen LogP) is 12.3. The van der Waals surface area contributed by atoms with E-state index in [0.717, 1.165) is 55.2 Å². The molecule has 0 atom stereocenters. The molecule has 0 saturated carbocycles. The summed E-state index contributed by atoms with van der Waals surface area (Å²) in [5, 5.41) is 4.15. The molecule has 0 bridgehead atoms. The zero-order valence-electron chi connectivity index (χ0n) is 27.3. The Hall–Kier alpha value is -2.46. The number of nitrogens with zero attached hydrogens (tertiary/aromatic N) is 2. The summed E-state index contributed by atoms with van der Waals surface area (Å²) in [6.07, 6.45) is 17.1. The number of aryl methyl sites for hydroxylation is 1. The third-order valence-corrected chi connectivity index (χ3v) is 11.5. The number of aromatic nitrogens is 1. The average Bonchev–Trinajstić information content (AvgIpc) is 3.46. The van der Waals surface area contributed by atoms with Crippen molar-refractivity contribution in [2.24, 2.45) is 10.8 Å². The average molecular weight is 675 g/mol. The molecule has 234 valence electrons. The van der Waals surface area contributed by atoms with Crippen LogP contribution in [0.2, 0.25) is 10.0 Å². The van der Waals surface area contributed by atoms with Crippen LogP contribution in [0.15, 0.2) is 98.7 Å². The van der Waals surface area contributed by atoms with Gasteiger partial charge in [0, 0.05) is 33.6 Å². The third kappa shape index (κ3) is 7.42. The Morgan fingerprint density at radius 2 is 1.67 bits per heavy atom. The van der Waals surface area contributed by atoms with Crippen LogP contribution in [0.1, 0.15) is 78.7 Å². The van der Waals surface area contributed by atoms with Crippen LogP contribution in [-0.2, 0) is 6.54 Å². The normalized spacial score (nSPS) is 20.8. The molecular weight excluding hydrogens is 631 g/mol. The van der Waals surface area contributed by atoms with Crippen LogP contribution >= 0.6 is 46.3 Å². The summed E-state index contributed by atoms with van der Waals surface area (Å²) in [4.78, 5) is 3.66. The fourth-order valence-corrected chi connectivity index (χ4v) is 9.80. The van der Waals surface area contributed by atoms with Crippen molar-refractivity contribution in [1.29, 1.82) is 0 Å². The smallest absolute Gasteiger partial charge is 0.263 e. The number of thioether (sulfide) groups is 1. The van der Waals surface area contributed by atoms with Crippen molar-refractivity contribution in [3.63, 3.8) is 0 Å². The van der Waals surface area contributed by atoms with Crippen LogP contribution in [0.5, 0.6) is 0 Å². The number of rotatable bonds is 6. The monoisotopic (exact) mass is 673 g/mol. The van der Waals surface area contributed by atoms with E-state index < -0.39 is 0 Å². The molecule has 0 saturated heterocycles. The van der Waals surface area contributed by atoms with Crippen LogP contribution < -0.4 is 9.47 Å². The van der Waals surface area contributed by atoms with Gasteiger partial charge in [0.2, 0.25) is 5.52 Å². The van der Waals surface area contributed by atoms with E-state index >= 15 is 0 Å². The van der Waals surface area contributed by atoms with E-state index in [-0.39, 0.29) is 10.8 Å². The summed E-state index contributed by atoms with van der Waals surface area (Å²) in [5.74, 6) is 0. The van der Waals surface area contributed by atoms with Crippen molar-refractivity contribution in [1.82, 2.24) is 0 Å². The Labute approximate surface area is 287 Å². The van der Waals surface area contributed by atoms with E-state index in [1.807, 2.05) is 35.2 Å². The van der Waals surface area contributed by atoms with Crippen molar-refractivity contribution in [2.75, 3.05) is 11.4 Å². The second kappa shape index (κ2) is 13.0. The lowest BCUT2D eigenvalue weighted by molar-refractivity contribution is -0.665. The molecular formula is C39H43Cl2N2S2+. The SMILES string of the molecule is CCN1C(=CC2=CC(=C=CCC3=CC(=Cc4sc5ccc(Cl)cc5[n+]4CC)CC(C)(C)C3)CC(C)(C)C2)Sc2ccc(Cl)cc21. The molecule has 2 heterocycles. The van der Waals surface area contributed by atoms with Crippen LogP contribution in [0.25, 0.3) is 16.3 Å². The Balaban J connectivity index is 1.26. The topological polar surface area (TPSA) is 7.12 Å². The van der Waals surface area contributed by atoms with Gasteiger partial charge >= 0.3 is 0 Å². The molecule has 1 aromatic heterocycles. The molecule has 3 aliphatic rings. The zero-order valence-corrected chi connectivity index (χ0v) is 30.4. The maximum absolute atomic E-state index is 6.35. The molecule has 6 rings (SSSR count). The molecule has 1 aliphatic heterocycles. The second-order valence-electron chi connectivity index (χ2n) is 14.1. The van der Waals surface area contributed by atoms with E-state index in [1.165, 1.54) is 53.1 Å². The number of benzene rings is 2. The van der Waals surface area contributed by atoms with Crippen LogP contribution in [0, 0.1) is 10.8 Å². The summed E-state index contributed by atoms with van der Waals surface area (Å²) >= 11 is 16.4. The highest BCUT2D eigenvalue weighted by atomic mass is 35.5. The molecule has 2 nitrogen and oxygen atoms in total. The molecule has 2 aliphatic carbocycles. The number of hydrogen-bond donors (Lipinski definition) is 0. The van der Waals surface area contributed by atoms with Crippen molar-refractivity contribution in [2.45, 2.75) is 85.1 Å². The van der Waals surface area contributed by atoms with E-state index in [4.69, 9.17) is 23.2 Å². The highest BCUT2D eigenvalue weighted by Crippen LogP contribution is 2.48. The van der Waals surface area contributed by atoms with Crippen molar-refractivity contribution in [3.8, 4) is 0 Å². The minimum atomic E-state index is 0.193. The molecule has 3 aromatic rings. The maximum atomic E-state index is 6.35. The van der Waals surface area contributed by atoms with Gasteiger partial charge in [-0.1, -0.05) is 85.6 Å². The summed E-state index contributed by atoms with van der Waals surface area (Å²) in [6, 6.07) is 12.4. The van der Waals surface area contributed by atoms with Gasteiger partial charge in [0.15, 0.2) is 0 Å². The number of halogens is 2. The highest BCUT2D eigenvalue weighted by molar-refractivity contribution is 8.03.